The fraction of sp³-hybridized carbons (Fsp3) is 0.111. The summed E-state index contributed by atoms with van der Waals surface area (Å²) in [6.45, 7) is 0. The monoisotopic (exact) mass is 385 g/mol. The van der Waals surface area contributed by atoms with Gasteiger partial charge in [0, 0.05) is 23.4 Å². The van der Waals surface area contributed by atoms with Gasteiger partial charge in [-0.05, 0) is 24.3 Å². The third kappa shape index (κ3) is 3.29. The van der Waals surface area contributed by atoms with Gasteiger partial charge in [-0.3, -0.25) is 4.79 Å². The average Bonchev–Trinajstić information content (AvgIpc) is 3.27. The van der Waals surface area contributed by atoms with Gasteiger partial charge in [-0.1, -0.05) is 18.2 Å². The van der Waals surface area contributed by atoms with Gasteiger partial charge in [-0.15, -0.1) is 0 Å². The second-order valence-corrected chi connectivity index (χ2v) is 7.75. The molecule has 0 amide bonds. The summed E-state index contributed by atoms with van der Waals surface area (Å²) < 4.78 is 33.4. The van der Waals surface area contributed by atoms with Crippen molar-refractivity contribution in [2.45, 2.75) is 17.4 Å². The fourth-order valence-electron chi connectivity index (χ4n) is 2.92. The Morgan fingerprint density at radius 1 is 1.19 bits per heavy atom. The maximum atomic E-state index is 12.7. The molecule has 4 rings (SSSR count). The number of para-hydroxylation sites is 1. The second kappa shape index (κ2) is 6.53. The summed E-state index contributed by atoms with van der Waals surface area (Å²) >= 11 is 0. The van der Waals surface area contributed by atoms with Crippen molar-refractivity contribution < 1.29 is 22.7 Å². The van der Waals surface area contributed by atoms with E-state index in [1.165, 1.54) is 24.7 Å². The predicted octanol–water partition coefficient (Wildman–Crippen LogP) is 2.28. The summed E-state index contributed by atoms with van der Waals surface area (Å²) in [4.78, 5) is 18.1. The number of aromatic nitrogens is 2. The van der Waals surface area contributed by atoms with Crippen LogP contribution in [0.3, 0.4) is 0 Å². The number of hydrogen-bond acceptors (Lipinski definition) is 5. The third-order valence-electron chi connectivity index (χ3n) is 4.22. The van der Waals surface area contributed by atoms with Crippen LogP contribution >= 0.6 is 0 Å². The van der Waals surface area contributed by atoms with Gasteiger partial charge in [0.15, 0.2) is 0 Å². The number of sulfonamides is 1. The van der Waals surface area contributed by atoms with Crippen LogP contribution in [0.1, 0.15) is 5.69 Å². The van der Waals surface area contributed by atoms with Gasteiger partial charge in [0.05, 0.1) is 16.9 Å². The number of carbonyl (C=O) groups is 1. The van der Waals surface area contributed by atoms with Crippen molar-refractivity contribution >= 4 is 37.9 Å². The summed E-state index contributed by atoms with van der Waals surface area (Å²) in [5.41, 5.74) is 1.65. The summed E-state index contributed by atoms with van der Waals surface area (Å²) in [6, 6.07) is 10.4. The topological polar surface area (TPSA) is 125 Å². The highest BCUT2D eigenvalue weighted by atomic mass is 32.2. The zero-order valence-electron chi connectivity index (χ0n) is 13.9. The number of fused-ring (bicyclic) bond motifs is 3. The van der Waals surface area contributed by atoms with Crippen molar-refractivity contribution in [2.24, 2.45) is 0 Å². The number of hydrogen-bond donors (Lipinski definition) is 3. The van der Waals surface area contributed by atoms with Crippen LogP contribution in [0.5, 0.6) is 0 Å². The van der Waals surface area contributed by atoms with Crippen LogP contribution in [-0.4, -0.2) is 35.5 Å². The smallest absolute Gasteiger partial charge is 0.322 e. The first kappa shape index (κ1) is 17.3. The Labute approximate surface area is 153 Å². The minimum Gasteiger partial charge on any atom is -0.480 e. The minimum atomic E-state index is -4.06. The molecule has 8 nitrogen and oxygen atoms in total. The lowest BCUT2D eigenvalue weighted by molar-refractivity contribution is -0.138. The molecular formula is C18H15N3O5S. The van der Waals surface area contributed by atoms with Gasteiger partial charge >= 0.3 is 5.97 Å². The van der Waals surface area contributed by atoms with Crippen LogP contribution < -0.4 is 4.72 Å². The number of carboxylic acids is 1. The maximum Gasteiger partial charge on any atom is 0.322 e. The summed E-state index contributed by atoms with van der Waals surface area (Å²) in [5.74, 6) is -1.28. The highest BCUT2D eigenvalue weighted by molar-refractivity contribution is 7.89. The van der Waals surface area contributed by atoms with Crippen molar-refractivity contribution in [3.05, 3.63) is 60.7 Å². The Hall–Kier alpha value is -3.17. The van der Waals surface area contributed by atoms with E-state index in [-0.39, 0.29) is 11.3 Å². The van der Waals surface area contributed by atoms with Crippen LogP contribution in [0.2, 0.25) is 0 Å². The van der Waals surface area contributed by atoms with Crippen molar-refractivity contribution in [3.63, 3.8) is 0 Å². The molecule has 0 spiro atoms. The van der Waals surface area contributed by atoms with Gasteiger partial charge in [0.25, 0.3) is 0 Å². The molecule has 0 aliphatic rings. The number of nitrogens with one attached hydrogen (secondary N) is 2. The lowest BCUT2D eigenvalue weighted by atomic mass is 10.1. The van der Waals surface area contributed by atoms with E-state index in [1.807, 2.05) is 18.2 Å². The summed E-state index contributed by atoms with van der Waals surface area (Å²) in [5, 5.41) is 10.8. The Morgan fingerprint density at radius 3 is 2.70 bits per heavy atom. The molecule has 3 N–H and O–H groups in total. The normalized spacial score (nSPS) is 13.2. The quantitative estimate of drug-likeness (QED) is 0.468. The highest BCUT2D eigenvalue weighted by Gasteiger charge is 2.27. The van der Waals surface area contributed by atoms with Gasteiger partial charge in [-0.2, -0.15) is 4.72 Å². The molecule has 0 aliphatic heterocycles. The van der Waals surface area contributed by atoms with Gasteiger partial charge in [-0.25, -0.2) is 13.4 Å². The zero-order chi connectivity index (χ0) is 19.0. The van der Waals surface area contributed by atoms with E-state index in [4.69, 9.17) is 4.42 Å². The lowest BCUT2D eigenvalue weighted by Gasteiger charge is -2.14. The number of carboxylic acid groups (broad SMARTS) is 1. The van der Waals surface area contributed by atoms with Crippen LogP contribution in [0.15, 0.2) is 64.3 Å². The van der Waals surface area contributed by atoms with E-state index in [0.29, 0.717) is 22.2 Å². The minimum absolute atomic E-state index is 0.0326. The number of aromatic amines is 1. The lowest BCUT2D eigenvalue weighted by Crippen LogP contribution is -2.42. The van der Waals surface area contributed by atoms with E-state index in [0.717, 1.165) is 5.39 Å². The molecule has 4 aromatic rings. The number of rotatable bonds is 6. The van der Waals surface area contributed by atoms with E-state index in [1.54, 1.807) is 12.1 Å². The number of benzene rings is 2. The molecule has 2 heterocycles. The second-order valence-electron chi connectivity index (χ2n) is 6.03. The molecule has 27 heavy (non-hydrogen) atoms. The van der Waals surface area contributed by atoms with E-state index in [9.17, 15) is 18.3 Å². The molecule has 0 saturated heterocycles. The standard InChI is InChI=1S/C18H15N3O5S/c22-18(23)15(7-11-9-19-10-20-11)21-27(24,25)12-5-6-17-14(8-12)13-3-1-2-4-16(13)26-17/h1-6,8-10,15,21H,7H2,(H,19,20)(H,22,23). The SMILES string of the molecule is O=C(O)C(Cc1c[nH]cn1)NS(=O)(=O)c1ccc2oc3ccccc3c2c1. The molecule has 2 aromatic carbocycles. The number of nitrogens with zero attached hydrogens (tertiary/aromatic N) is 1. The summed E-state index contributed by atoms with van der Waals surface area (Å²) in [6.07, 6.45) is 2.85. The molecular weight excluding hydrogens is 370 g/mol. The van der Waals surface area contributed by atoms with E-state index in [2.05, 4.69) is 14.7 Å². The van der Waals surface area contributed by atoms with Crippen molar-refractivity contribution in [3.8, 4) is 0 Å². The Morgan fingerprint density at radius 2 is 1.96 bits per heavy atom. The maximum absolute atomic E-state index is 12.7. The Kier molecular flexibility index (Phi) is 4.17. The molecule has 1 unspecified atom stereocenters. The number of aliphatic carboxylic acids is 1. The predicted molar refractivity (Wildman–Crippen MR) is 97.8 cm³/mol. The molecule has 9 heteroatoms. The average molecular weight is 385 g/mol. The first-order valence-corrected chi connectivity index (χ1v) is 9.56. The highest BCUT2D eigenvalue weighted by Crippen LogP contribution is 2.30. The van der Waals surface area contributed by atoms with Crippen molar-refractivity contribution in [1.29, 1.82) is 0 Å². The van der Waals surface area contributed by atoms with Crippen LogP contribution in [0.25, 0.3) is 21.9 Å². The number of H-pyrrole nitrogens is 1. The third-order valence-corrected chi connectivity index (χ3v) is 5.69. The molecule has 0 saturated carbocycles. The first-order valence-electron chi connectivity index (χ1n) is 8.08. The van der Waals surface area contributed by atoms with E-state index < -0.39 is 22.0 Å². The molecule has 138 valence electrons. The Bertz CT molecular complexity index is 1230. The molecule has 2 aromatic heterocycles. The van der Waals surface area contributed by atoms with Gasteiger partial charge < -0.3 is 14.5 Å². The van der Waals surface area contributed by atoms with Crippen LogP contribution in [0.4, 0.5) is 0 Å². The summed E-state index contributed by atoms with van der Waals surface area (Å²) in [7, 11) is -4.06. The Balaban J connectivity index is 1.69. The molecule has 0 aliphatic carbocycles. The number of furan rings is 1. The largest absolute Gasteiger partial charge is 0.480 e. The first-order chi connectivity index (χ1) is 12.9. The van der Waals surface area contributed by atoms with Gasteiger partial charge in [0.1, 0.15) is 17.2 Å². The molecule has 0 fully saturated rings. The fourth-order valence-corrected chi connectivity index (χ4v) is 4.13. The van der Waals surface area contributed by atoms with Crippen LogP contribution in [0, 0.1) is 0 Å². The van der Waals surface area contributed by atoms with Crippen molar-refractivity contribution in [2.75, 3.05) is 0 Å². The van der Waals surface area contributed by atoms with E-state index >= 15 is 0 Å². The van der Waals surface area contributed by atoms with Gasteiger partial charge in [0.2, 0.25) is 10.0 Å². The number of imidazole rings is 1. The molecule has 0 bridgehead atoms. The molecule has 1 atom stereocenters. The van der Waals surface area contributed by atoms with Crippen molar-refractivity contribution in [1.82, 2.24) is 14.7 Å². The zero-order valence-corrected chi connectivity index (χ0v) is 14.7. The molecule has 0 radical (unpaired) electrons. The van der Waals surface area contributed by atoms with Crippen LogP contribution in [-0.2, 0) is 21.2 Å².